The van der Waals surface area contributed by atoms with Gasteiger partial charge in [0.2, 0.25) is 5.91 Å². The second-order valence-electron chi connectivity index (χ2n) is 4.71. The van der Waals surface area contributed by atoms with Crippen molar-refractivity contribution in [3.05, 3.63) is 24.8 Å². The van der Waals surface area contributed by atoms with Crippen molar-refractivity contribution in [2.24, 2.45) is 0 Å². The molecule has 0 aliphatic carbocycles. The van der Waals surface area contributed by atoms with E-state index in [1.165, 1.54) is 13.3 Å². The summed E-state index contributed by atoms with van der Waals surface area (Å²) in [5.74, 6) is 0.206. The molecule has 3 heterocycles. The van der Waals surface area contributed by atoms with Gasteiger partial charge in [-0.1, -0.05) is 0 Å². The average Bonchev–Trinajstić information content (AvgIpc) is 3.10. The van der Waals surface area contributed by atoms with Gasteiger partial charge in [0.15, 0.2) is 5.82 Å². The second kappa shape index (κ2) is 5.65. The molecule has 8 nitrogen and oxygen atoms in total. The van der Waals surface area contributed by atoms with Crippen molar-refractivity contribution in [2.75, 3.05) is 5.32 Å². The van der Waals surface area contributed by atoms with E-state index < -0.39 is 0 Å². The van der Waals surface area contributed by atoms with E-state index in [0.717, 1.165) is 5.39 Å². The molecule has 0 aliphatic rings. The Bertz CT molecular complexity index is 871. The maximum Gasteiger partial charge on any atom is 0.222 e. The highest BCUT2D eigenvalue weighted by Gasteiger charge is 2.16. The first kappa shape index (κ1) is 13.8. The summed E-state index contributed by atoms with van der Waals surface area (Å²) < 4.78 is 1.63. The zero-order valence-electron chi connectivity index (χ0n) is 11.9. The highest BCUT2D eigenvalue weighted by molar-refractivity contribution is 5.97. The summed E-state index contributed by atoms with van der Waals surface area (Å²) in [4.78, 5) is 22.9. The molecule has 0 unspecified atom stereocenters. The van der Waals surface area contributed by atoms with Crippen LogP contribution >= 0.6 is 0 Å². The third-order valence-electron chi connectivity index (χ3n) is 3.12. The van der Waals surface area contributed by atoms with Crippen molar-refractivity contribution in [2.45, 2.75) is 19.9 Å². The van der Waals surface area contributed by atoms with Crippen LogP contribution in [-0.2, 0) is 11.3 Å². The summed E-state index contributed by atoms with van der Waals surface area (Å²) in [6, 6.07) is 3.94. The highest BCUT2D eigenvalue weighted by atomic mass is 16.1. The van der Waals surface area contributed by atoms with E-state index in [4.69, 9.17) is 5.26 Å². The molecule has 0 aromatic carbocycles. The van der Waals surface area contributed by atoms with E-state index >= 15 is 0 Å². The smallest absolute Gasteiger partial charge is 0.222 e. The Kier molecular flexibility index (Phi) is 3.53. The fourth-order valence-electron chi connectivity index (χ4n) is 2.22. The Hall–Kier alpha value is -3.21. The molecule has 3 aromatic heterocycles. The Morgan fingerprint density at radius 3 is 3.14 bits per heavy atom. The number of hydrogen-bond acceptors (Lipinski definition) is 5. The van der Waals surface area contributed by atoms with Crippen molar-refractivity contribution >= 4 is 22.8 Å². The minimum absolute atomic E-state index is 0.217. The largest absolute Gasteiger partial charge is 0.346 e. The van der Waals surface area contributed by atoms with E-state index in [0.29, 0.717) is 35.7 Å². The number of rotatable bonds is 4. The number of hydrogen-bond donors (Lipinski definition) is 2. The molecule has 2 N–H and O–H groups in total. The molecule has 0 spiro atoms. The lowest BCUT2D eigenvalue weighted by Gasteiger charge is -2.02. The van der Waals surface area contributed by atoms with Crippen LogP contribution in [0.1, 0.15) is 13.3 Å². The van der Waals surface area contributed by atoms with Crippen molar-refractivity contribution < 1.29 is 4.79 Å². The Labute approximate surface area is 125 Å². The van der Waals surface area contributed by atoms with E-state index in [-0.39, 0.29) is 5.91 Å². The number of anilines is 1. The van der Waals surface area contributed by atoms with Gasteiger partial charge in [0.25, 0.3) is 0 Å². The fourth-order valence-corrected chi connectivity index (χ4v) is 2.22. The van der Waals surface area contributed by atoms with Crippen LogP contribution in [0, 0.1) is 11.3 Å². The first-order valence-corrected chi connectivity index (χ1v) is 6.69. The maximum atomic E-state index is 11.4. The maximum absolute atomic E-state index is 11.4. The minimum atomic E-state index is -0.217. The average molecular weight is 295 g/mol. The number of nitriles is 1. The number of nitrogens with one attached hydrogen (secondary N) is 2. The summed E-state index contributed by atoms with van der Waals surface area (Å²) in [5.41, 5.74) is 2.09. The summed E-state index contributed by atoms with van der Waals surface area (Å²) >= 11 is 0. The normalized spacial score (nSPS) is 10.5. The van der Waals surface area contributed by atoms with Crippen LogP contribution in [0.15, 0.2) is 24.8 Å². The van der Waals surface area contributed by atoms with Crippen LogP contribution in [-0.4, -0.2) is 30.6 Å². The molecular formula is C14H13N7O. The van der Waals surface area contributed by atoms with Gasteiger partial charge >= 0.3 is 0 Å². The van der Waals surface area contributed by atoms with Crippen molar-refractivity contribution in [3.8, 4) is 17.3 Å². The molecule has 0 atom stereocenters. The molecule has 22 heavy (non-hydrogen) atoms. The molecule has 0 radical (unpaired) electrons. The van der Waals surface area contributed by atoms with Crippen LogP contribution in [0.5, 0.6) is 0 Å². The number of aromatic amines is 1. The van der Waals surface area contributed by atoms with Crippen LogP contribution in [0.4, 0.5) is 5.82 Å². The Morgan fingerprint density at radius 2 is 2.36 bits per heavy atom. The van der Waals surface area contributed by atoms with Gasteiger partial charge in [-0.2, -0.15) is 10.4 Å². The molecule has 1 amide bonds. The van der Waals surface area contributed by atoms with Gasteiger partial charge in [0, 0.05) is 24.7 Å². The molecular weight excluding hydrogens is 282 g/mol. The van der Waals surface area contributed by atoms with Crippen molar-refractivity contribution in [1.82, 2.24) is 24.7 Å². The van der Waals surface area contributed by atoms with E-state index in [9.17, 15) is 4.79 Å². The number of carbonyl (C=O) groups excluding carboxylic acids is 1. The number of aromatic nitrogens is 5. The van der Waals surface area contributed by atoms with Gasteiger partial charge < -0.3 is 10.3 Å². The van der Waals surface area contributed by atoms with Gasteiger partial charge in [0.05, 0.1) is 30.3 Å². The lowest BCUT2D eigenvalue weighted by atomic mass is 10.1. The lowest BCUT2D eigenvalue weighted by molar-refractivity contribution is -0.114. The monoisotopic (exact) mass is 295 g/mol. The van der Waals surface area contributed by atoms with Crippen LogP contribution in [0.2, 0.25) is 0 Å². The van der Waals surface area contributed by atoms with Gasteiger partial charge in [0.1, 0.15) is 12.0 Å². The predicted molar refractivity (Wildman–Crippen MR) is 79.6 cm³/mol. The molecule has 110 valence electrons. The number of amides is 1. The van der Waals surface area contributed by atoms with Gasteiger partial charge in [-0.25, -0.2) is 9.97 Å². The Balaban J connectivity index is 2.11. The van der Waals surface area contributed by atoms with Crippen LogP contribution < -0.4 is 5.32 Å². The number of H-pyrrole nitrogens is 1. The first-order valence-electron chi connectivity index (χ1n) is 6.69. The second-order valence-corrected chi connectivity index (χ2v) is 4.71. The van der Waals surface area contributed by atoms with E-state index in [1.54, 1.807) is 17.1 Å². The number of nitrogens with zero attached hydrogens (tertiary/aromatic N) is 5. The number of fused-ring (bicyclic) bond motifs is 1. The van der Waals surface area contributed by atoms with E-state index in [1.807, 2.05) is 6.07 Å². The third-order valence-corrected chi connectivity index (χ3v) is 3.12. The SMILES string of the molecule is CC(=O)Nc1nn(CCC#N)cc1-c1ncnc2[nH]ccc12. The molecule has 0 fully saturated rings. The van der Waals surface area contributed by atoms with Crippen molar-refractivity contribution in [3.63, 3.8) is 0 Å². The van der Waals surface area contributed by atoms with Gasteiger partial charge in [-0.05, 0) is 6.07 Å². The number of carbonyl (C=O) groups is 1. The molecule has 3 rings (SSSR count). The molecule has 3 aromatic rings. The molecule has 0 saturated carbocycles. The highest BCUT2D eigenvalue weighted by Crippen LogP contribution is 2.30. The quantitative estimate of drug-likeness (QED) is 0.760. The van der Waals surface area contributed by atoms with E-state index in [2.05, 4.69) is 31.4 Å². The van der Waals surface area contributed by atoms with Gasteiger partial charge in [-0.15, -0.1) is 0 Å². The summed E-state index contributed by atoms with van der Waals surface area (Å²) in [6.45, 7) is 1.87. The fraction of sp³-hybridized carbons (Fsp3) is 0.214. The lowest BCUT2D eigenvalue weighted by Crippen LogP contribution is -2.08. The zero-order valence-corrected chi connectivity index (χ0v) is 11.9. The zero-order chi connectivity index (χ0) is 15.5. The molecule has 8 heteroatoms. The number of aryl methyl sites for hydroxylation is 1. The van der Waals surface area contributed by atoms with Crippen molar-refractivity contribution in [1.29, 1.82) is 5.26 Å². The van der Waals surface area contributed by atoms with Crippen LogP contribution in [0.25, 0.3) is 22.3 Å². The Morgan fingerprint density at radius 1 is 1.50 bits per heavy atom. The summed E-state index contributed by atoms with van der Waals surface area (Å²) in [7, 11) is 0. The first-order chi connectivity index (χ1) is 10.7. The topological polar surface area (TPSA) is 112 Å². The predicted octanol–water partition coefficient (Wildman–Crippen LogP) is 1.69. The minimum Gasteiger partial charge on any atom is -0.346 e. The third kappa shape index (κ3) is 2.52. The molecule has 0 aliphatic heterocycles. The van der Waals surface area contributed by atoms with Gasteiger partial charge in [-0.3, -0.25) is 9.48 Å². The molecule has 0 bridgehead atoms. The standard InChI is InChI=1S/C14H13N7O/c1-9(22)19-14-11(7-21(20-14)6-2-4-15)12-10-3-5-16-13(10)18-8-17-12/h3,5,7-8H,2,6H2,1H3,(H,16,17,18)(H,19,20,22). The van der Waals surface area contributed by atoms with Crippen LogP contribution in [0.3, 0.4) is 0 Å². The molecule has 0 saturated heterocycles. The summed E-state index contributed by atoms with van der Waals surface area (Å²) in [5, 5.41) is 16.6. The summed E-state index contributed by atoms with van der Waals surface area (Å²) in [6.07, 6.45) is 5.35.